The van der Waals surface area contributed by atoms with E-state index < -0.39 is 0 Å². The Hall–Kier alpha value is -2.34. The minimum Gasteiger partial charge on any atom is -0.497 e. The Kier molecular flexibility index (Phi) is 3.15. The number of rotatable bonds is 3. The van der Waals surface area contributed by atoms with E-state index in [9.17, 15) is 0 Å². The van der Waals surface area contributed by atoms with Gasteiger partial charge in [-0.1, -0.05) is 5.16 Å². The van der Waals surface area contributed by atoms with Crippen LogP contribution >= 0.6 is 11.3 Å². The summed E-state index contributed by atoms with van der Waals surface area (Å²) in [6, 6.07) is 7.77. The zero-order valence-electron chi connectivity index (χ0n) is 11.1. The van der Waals surface area contributed by atoms with Crippen molar-refractivity contribution in [1.82, 2.24) is 10.1 Å². The lowest BCUT2D eigenvalue weighted by Gasteiger charge is -2.00. The Morgan fingerprint density at radius 3 is 2.60 bits per heavy atom. The normalized spacial score (nSPS) is 10.7. The summed E-state index contributed by atoms with van der Waals surface area (Å²) in [4.78, 5) is 4.60. The fourth-order valence-electron chi connectivity index (χ4n) is 1.93. The van der Waals surface area contributed by atoms with Crippen molar-refractivity contribution < 1.29 is 9.26 Å². The summed E-state index contributed by atoms with van der Waals surface area (Å²) < 4.78 is 10.1. The minimum atomic E-state index is 0.304. The molecule has 3 rings (SSSR count). The van der Waals surface area contributed by atoms with Crippen molar-refractivity contribution in [2.45, 2.75) is 6.92 Å². The quantitative estimate of drug-likeness (QED) is 0.799. The van der Waals surface area contributed by atoms with Gasteiger partial charge in [0.2, 0.25) is 5.88 Å². The second-order valence-corrected chi connectivity index (χ2v) is 5.13. The van der Waals surface area contributed by atoms with Gasteiger partial charge in [0.15, 0.2) is 0 Å². The molecule has 0 amide bonds. The summed E-state index contributed by atoms with van der Waals surface area (Å²) >= 11 is 1.52. The van der Waals surface area contributed by atoms with E-state index in [1.165, 1.54) is 11.3 Å². The van der Waals surface area contributed by atoms with Gasteiger partial charge < -0.3 is 15.0 Å². The summed E-state index contributed by atoms with van der Waals surface area (Å²) in [5.41, 5.74) is 9.23. The molecule has 0 spiro atoms. The van der Waals surface area contributed by atoms with Gasteiger partial charge in [-0.05, 0) is 31.2 Å². The second-order valence-electron chi connectivity index (χ2n) is 4.27. The summed E-state index contributed by atoms with van der Waals surface area (Å²) in [6.07, 6.45) is 0. The SMILES string of the molecule is COc1ccc(-c2csc(-c3c(C)noc3N)n2)cc1. The number of anilines is 1. The summed E-state index contributed by atoms with van der Waals surface area (Å²) in [7, 11) is 1.65. The fourth-order valence-corrected chi connectivity index (χ4v) is 2.86. The first-order valence-corrected chi connectivity index (χ1v) is 6.89. The number of aryl methyl sites for hydroxylation is 1. The molecule has 0 saturated carbocycles. The topological polar surface area (TPSA) is 74.2 Å². The average Bonchev–Trinajstić information content (AvgIpc) is 3.06. The third-order valence-corrected chi connectivity index (χ3v) is 3.85. The molecule has 0 aliphatic carbocycles. The fraction of sp³-hybridized carbons (Fsp3) is 0.143. The molecule has 6 heteroatoms. The molecule has 2 N–H and O–H groups in total. The number of thiazole rings is 1. The molecular formula is C14H13N3O2S. The molecular weight excluding hydrogens is 274 g/mol. The van der Waals surface area contributed by atoms with E-state index in [4.69, 9.17) is 15.0 Å². The van der Waals surface area contributed by atoms with E-state index in [0.717, 1.165) is 33.3 Å². The van der Waals surface area contributed by atoms with Gasteiger partial charge >= 0.3 is 0 Å². The predicted molar refractivity (Wildman–Crippen MR) is 78.7 cm³/mol. The smallest absolute Gasteiger partial charge is 0.232 e. The van der Waals surface area contributed by atoms with Crippen molar-refractivity contribution in [3.63, 3.8) is 0 Å². The van der Waals surface area contributed by atoms with Crippen LogP contribution in [0.2, 0.25) is 0 Å². The van der Waals surface area contributed by atoms with Crippen LogP contribution in [0.1, 0.15) is 5.69 Å². The highest BCUT2D eigenvalue weighted by atomic mass is 32.1. The average molecular weight is 287 g/mol. The third-order valence-electron chi connectivity index (χ3n) is 2.99. The highest BCUT2D eigenvalue weighted by molar-refractivity contribution is 7.13. The molecule has 0 fully saturated rings. The van der Waals surface area contributed by atoms with Crippen LogP contribution in [-0.4, -0.2) is 17.3 Å². The molecule has 5 nitrogen and oxygen atoms in total. The maximum atomic E-state index is 5.78. The van der Waals surface area contributed by atoms with Crippen LogP contribution in [0.5, 0.6) is 5.75 Å². The lowest BCUT2D eigenvalue weighted by atomic mass is 10.1. The van der Waals surface area contributed by atoms with Gasteiger partial charge in [0.25, 0.3) is 0 Å². The monoisotopic (exact) mass is 287 g/mol. The molecule has 2 aromatic heterocycles. The Labute approximate surface area is 120 Å². The van der Waals surface area contributed by atoms with Gasteiger partial charge in [-0.3, -0.25) is 0 Å². The van der Waals surface area contributed by atoms with Gasteiger partial charge in [-0.2, -0.15) is 0 Å². The molecule has 2 heterocycles. The zero-order chi connectivity index (χ0) is 14.1. The van der Waals surface area contributed by atoms with E-state index in [1.54, 1.807) is 7.11 Å². The van der Waals surface area contributed by atoms with Crippen LogP contribution < -0.4 is 10.5 Å². The highest BCUT2D eigenvalue weighted by Gasteiger charge is 2.16. The standard InChI is InChI=1S/C14H13N3O2S/c1-8-12(13(15)19-17-8)14-16-11(7-20-14)9-3-5-10(18-2)6-4-9/h3-7H,15H2,1-2H3. The van der Waals surface area contributed by atoms with E-state index in [-0.39, 0.29) is 0 Å². The van der Waals surface area contributed by atoms with Crippen molar-refractivity contribution in [2.75, 3.05) is 12.8 Å². The number of ether oxygens (including phenoxy) is 1. The molecule has 20 heavy (non-hydrogen) atoms. The second kappa shape index (κ2) is 4.97. The first-order valence-electron chi connectivity index (χ1n) is 6.01. The van der Waals surface area contributed by atoms with Crippen LogP contribution in [-0.2, 0) is 0 Å². The molecule has 0 radical (unpaired) electrons. The predicted octanol–water partition coefficient (Wildman–Crippen LogP) is 3.36. The molecule has 102 valence electrons. The third kappa shape index (κ3) is 2.14. The van der Waals surface area contributed by atoms with Crippen molar-refractivity contribution in [2.24, 2.45) is 0 Å². The highest BCUT2D eigenvalue weighted by Crippen LogP contribution is 2.34. The molecule has 0 aliphatic rings. The lowest BCUT2D eigenvalue weighted by Crippen LogP contribution is -1.87. The Bertz CT molecular complexity index is 712. The number of hydrogen-bond acceptors (Lipinski definition) is 6. The Morgan fingerprint density at radius 2 is 2.00 bits per heavy atom. The van der Waals surface area contributed by atoms with Crippen LogP contribution in [0.25, 0.3) is 21.8 Å². The Morgan fingerprint density at radius 1 is 1.25 bits per heavy atom. The molecule has 1 aromatic carbocycles. The van der Waals surface area contributed by atoms with Crippen molar-refractivity contribution in [3.8, 4) is 27.6 Å². The van der Waals surface area contributed by atoms with Gasteiger partial charge in [0.1, 0.15) is 10.8 Å². The largest absolute Gasteiger partial charge is 0.497 e. The van der Waals surface area contributed by atoms with E-state index in [2.05, 4.69) is 10.1 Å². The maximum absolute atomic E-state index is 5.78. The van der Waals surface area contributed by atoms with Crippen molar-refractivity contribution >= 4 is 17.2 Å². The number of hydrogen-bond donors (Lipinski definition) is 1. The molecule has 0 atom stereocenters. The van der Waals surface area contributed by atoms with Crippen LogP contribution in [0.3, 0.4) is 0 Å². The number of aromatic nitrogens is 2. The van der Waals surface area contributed by atoms with Gasteiger partial charge in [-0.15, -0.1) is 11.3 Å². The first kappa shape index (κ1) is 12.7. The molecule has 0 saturated heterocycles. The van der Waals surface area contributed by atoms with E-state index in [1.807, 2.05) is 36.6 Å². The molecule has 3 aromatic rings. The zero-order valence-corrected chi connectivity index (χ0v) is 11.9. The van der Waals surface area contributed by atoms with Crippen molar-refractivity contribution in [3.05, 3.63) is 35.3 Å². The van der Waals surface area contributed by atoms with Gasteiger partial charge in [0.05, 0.1) is 24.1 Å². The summed E-state index contributed by atoms with van der Waals surface area (Å²) in [6.45, 7) is 1.85. The van der Waals surface area contributed by atoms with Gasteiger partial charge in [-0.25, -0.2) is 4.98 Å². The number of nitrogens with two attached hydrogens (primary N) is 1. The Balaban J connectivity index is 1.97. The molecule has 0 unspecified atom stereocenters. The van der Waals surface area contributed by atoms with Crippen LogP contribution in [0.15, 0.2) is 34.2 Å². The van der Waals surface area contributed by atoms with Crippen LogP contribution in [0.4, 0.5) is 5.88 Å². The number of nitrogen functional groups attached to an aromatic ring is 1. The van der Waals surface area contributed by atoms with E-state index >= 15 is 0 Å². The maximum Gasteiger partial charge on any atom is 0.232 e. The van der Waals surface area contributed by atoms with Crippen molar-refractivity contribution in [1.29, 1.82) is 0 Å². The van der Waals surface area contributed by atoms with Crippen LogP contribution in [0, 0.1) is 6.92 Å². The number of nitrogens with zero attached hydrogens (tertiary/aromatic N) is 2. The van der Waals surface area contributed by atoms with Gasteiger partial charge in [0, 0.05) is 10.9 Å². The summed E-state index contributed by atoms with van der Waals surface area (Å²) in [5.74, 6) is 1.13. The number of benzene rings is 1. The molecule has 0 bridgehead atoms. The molecule has 0 aliphatic heterocycles. The lowest BCUT2D eigenvalue weighted by molar-refractivity contribution is 0.415. The number of methoxy groups -OCH3 is 1. The summed E-state index contributed by atoms with van der Waals surface area (Å²) in [5, 5.41) is 6.65. The van der Waals surface area contributed by atoms with E-state index in [0.29, 0.717) is 5.88 Å². The minimum absolute atomic E-state index is 0.304. The first-order chi connectivity index (χ1) is 9.69.